The van der Waals surface area contributed by atoms with Gasteiger partial charge in [0.1, 0.15) is 5.01 Å². The fourth-order valence-electron chi connectivity index (χ4n) is 3.05. The van der Waals surface area contributed by atoms with Crippen molar-refractivity contribution in [3.63, 3.8) is 0 Å². The molecule has 0 saturated carbocycles. The summed E-state index contributed by atoms with van der Waals surface area (Å²) in [6.45, 7) is 11.5. The van der Waals surface area contributed by atoms with E-state index in [0.717, 1.165) is 19.0 Å². The van der Waals surface area contributed by atoms with Crippen molar-refractivity contribution < 1.29 is 0 Å². The summed E-state index contributed by atoms with van der Waals surface area (Å²) in [7, 11) is 0. The van der Waals surface area contributed by atoms with Gasteiger partial charge in [-0.3, -0.25) is 4.90 Å². The Bertz CT molecular complexity index is 363. The number of nitrogens with one attached hydrogen (secondary N) is 1. The minimum Gasteiger partial charge on any atom is -0.311 e. The van der Waals surface area contributed by atoms with Gasteiger partial charge in [-0.15, -0.1) is 11.3 Å². The number of piperazine rings is 1. The van der Waals surface area contributed by atoms with Gasteiger partial charge in [0, 0.05) is 36.8 Å². The fraction of sp³-hybridized carbons (Fsp3) is 0.800. The zero-order chi connectivity index (χ0) is 13.8. The van der Waals surface area contributed by atoms with E-state index in [0.29, 0.717) is 18.1 Å². The van der Waals surface area contributed by atoms with Gasteiger partial charge in [0.2, 0.25) is 0 Å². The molecule has 3 nitrogen and oxygen atoms in total. The van der Waals surface area contributed by atoms with Crippen molar-refractivity contribution in [3.8, 4) is 0 Å². The molecule has 1 aromatic heterocycles. The zero-order valence-corrected chi connectivity index (χ0v) is 13.4. The molecule has 1 fully saturated rings. The first-order valence-corrected chi connectivity index (χ1v) is 8.38. The van der Waals surface area contributed by atoms with Crippen molar-refractivity contribution in [2.24, 2.45) is 5.92 Å². The van der Waals surface area contributed by atoms with E-state index >= 15 is 0 Å². The van der Waals surface area contributed by atoms with Crippen LogP contribution in [0.1, 0.15) is 51.6 Å². The maximum atomic E-state index is 4.50. The first-order chi connectivity index (χ1) is 9.11. The minimum absolute atomic E-state index is 0.446. The number of hydrogen-bond donors (Lipinski definition) is 1. The highest BCUT2D eigenvalue weighted by Gasteiger charge is 2.31. The van der Waals surface area contributed by atoms with Crippen LogP contribution in [0, 0.1) is 5.92 Å². The molecule has 0 spiro atoms. The Morgan fingerprint density at radius 1 is 1.47 bits per heavy atom. The Morgan fingerprint density at radius 2 is 2.26 bits per heavy atom. The molecule has 0 bridgehead atoms. The van der Waals surface area contributed by atoms with Crippen LogP contribution in [0.15, 0.2) is 11.6 Å². The summed E-state index contributed by atoms with van der Waals surface area (Å²) in [6, 6.07) is 1.72. The number of hydrogen-bond acceptors (Lipinski definition) is 4. The summed E-state index contributed by atoms with van der Waals surface area (Å²) >= 11 is 1.78. The van der Waals surface area contributed by atoms with E-state index in [1.165, 1.54) is 17.8 Å². The van der Waals surface area contributed by atoms with Gasteiger partial charge in [0.05, 0.1) is 6.04 Å². The Morgan fingerprint density at radius 3 is 2.84 bits per heavy atom. The first kappa shape index (κ1) is 14.9. The summed E-state index contributed by atoms with van der Waals surface area (Å²) in [6.07, 6.45) is 4.39. The van der Waals surface area contributed by atoms with Crippen molar-refractivity contribution >= 4 is 11.3 Å². The van der Waals surface area contributed by atoms with Crippen molar-refractivity contribution in [1.82, 2.24) is 15.2 Å². The van der Waals surface area contributed by atoms with Gasteiger partial charge in [-0.05, 0) is 25.7 Å². The van der Waals surface area contributed by atoms with Crippen LogP contribution in [0.3, 0.4) is 0 Å². The van der Waals surface area contributed by atoms with Gasteiger partial charge in [-0.1, -0.05) is 20.8 Å². The lowest BCUT2D eigenvalue weighted by atomic mass is 9.98. The lowest BCUT2D eigenvalue weighted by Gasteiger charge is -2.43. The van der Waals surface area contributed by atoms with Gasteiger partial charge in [0.25, 0.3) is 0 Å². The molecule has 3 unspecified atom stereocenters. The van der Waals surface area contributed by atoms with Crippen LogP contribution < -0.4 is 5.32 Å². The van der Waals surface area contributed by atoms with E-state index in [1.807, 2.05) is 6.20 Å². The number of aromatic nitrogens is 1. The van der Waals surface area contributed by atoms with E-state index in [4.69, 9.17) is 0 Å². The lowest BCUT2D eigenvalue weighted by Crippen LogP contribution is -2.57. The largest absolute Gasteiger partial charge is 0.311 e. The van der Waals surface area contributed by atoms with E-state index < -0.39 is 0 Å². The second-order valence-electron chi connectivity index (χ2n) is 6.04. The number of rotatable bonds is 5. The Hall–Kier alpha value is -0.450. The summed E-state index contributed by atoms with van der Waals surface area (Å²) in [5, 5.41) is 7.06. The molecule has 0 amide bonds. The second-order valence-corrected chi connectivity index (χ2v) is 6.97. The Labute approximate surface area is 121 Å². The molecule has 0 aliphatic carbocycles. The molecule has 0 aromatic carbocycles. The van der Waals surface area contributed by atoms with Crippen LogP contribution in [0.2, 0.25) is 0 Å². The quantitative estimate of drug-likeness (QED) is 0.897. The monoisotopic (exact) mass is 281 g/mol. The molecule has 1 aliphatic rings. The van der Waals surface area contributed by atoms with E-state index in [-0.39, 0.29) is 0 Å². The van der Waals surface area contributed by atoms with Crippen molar-refractivity contribution in [2.75, 3.05) is 13.1 Å². The molecule has 108 valence electrons. The maximum Gasteiger partial charge on any atom is 0.109 e. The summed E-state index contributed by atoms with van der Waals surface area (Å²) < 4.78 is 0. The third-order valence-electron chi connectivity index (χ3n) is 4.08. The van der Waals surface area contributed by atoms with Crippen LogP contribution in [0.25, 0.3) is 0 Å². The van der Waals surface area contributed by atoms with Crippen LogP contribution in [0.5, 0.6) is 0 Å². The number of nitrogens with zero attached hydrogens (tertiary/aromatic N) is 2. The molecule has 4 heteroatoms. The Kier molecular flexibility index (Phi) is 5.37. The van der Waals surface area contributed by atoms with Crippen LogP contribution in [-0.4, -0.2) is 35.1 Å². The van der Waals surface area contributed by atoms with Crippen molar-refractivity contribution in [2.45, 2.75) is 58.7 Å². The highest BCUT2D eigenvalue weighted by molar-refractivity contribution is 7.09. The standard InChI is InChI=1S/C15H27N3S/c1-5-14-9-17-13(8-11(2)3)10-18(14)12(4)15-16-6-7-19-15/h6-7,11-14,17H,5,8-10H2,1-4H3. The Balaban J connectivity index is 2.05. The first-order valence-electron chi connectivity index (χ1n) is 7.50. The van der Waals surface area contributed by atoms with E-state index in [1.54, 1.807) is 11.3 Å². The molecule has 2 heterocycles. The highest BCUT2D eigenvalue weighted by Crippen LogP contribution is 2.28. The third-order valence-corrected chi connectivity index (χ3v) is 5.02. The molecular formula is C15H27N3S. The molecule has 1 saturated heterocycles. The predicted octanol–water partition coefficient (Wildman–Crippen LogP) is 3.30. The van der Waals surface area contributed by atoms with Gasteiger partial charge >= 0.3 is 0 Å². The maximum absolute atomic E-state index is 4.50. The van der Waals surface area contributed by atoms with Crippen molar-refractivity contribution in [3.05, 3.63) is 16.6 Å². The van der Waals surface area contributed by atoms with E-state index in [2.05, 4.69) is 48.3 Å². The fourth-order valence-corrected chi connectivity index (χ4v) is 3.77. The summed E-state index contributed by atoms with van der Waals surface area (Å²) in [5.41, 5.74) is 0. The van der Waals surface area contributed by atoms with E-state index in [9.17, 15) is 0 Å². The zero-order valence-electron chi connectivity index (χ0n) is 12.6. The number of thiazole rings is 1. The summed E-state index contributed by atoms with van der Waals surface area (Å²) in [5.74, 6) is 0.757. The normalized spacial score (nSPS) is 26.8. The van der Waals surface area contributed by atoms with Gasteiger partial charge in [-0.2, -0.15) is 0 Å². The topological polar surface area (TPSA) is 28.2 Å². The molecule has 3 atom stereocenters. The SMILES string of the molecule is CCC1CNC(CC(C)C)CN1C(C)c1nccs1. The molecule has 19 heavy (non-hydrogen) atoms. The third kappa shape index (κ3) is 3.77. The molecular weight excluding hydrogens is 254 g/mol. The average molecular weight is 281 g/mol. The molecule has 1 aromatic rings. The smallest absolute Gasteiger partial charge is 0.109 e. The van der Waals surface area contributed by atoms with Crippen LogP contribution >= 0.6 is 11.3 Å². The molecule has 2 rings (SSSR count). The van der Waals surface area contributed by atoms with Crippen LogP contribution in [0.4, 0.5) is 0 Å². The van der Waals surface area contributed by atoms with Gasteiger partial charge in [-0.25, -0.2) is 4.98 Å². The van der Waals surface area contributed by atoms with Crippen LogP contribution in [-0.2, 0) is 0 Å². The van der Waals surface area contributed by atoms with Crippen molar-refractivity contribution in [1.29, 1.82) is 0 Å². The second kappa shape index (κ2) is 6.82. The molecule has 1 N–H and O–H groups in total. The summed E-state index contributed by atoms with van der Waals surface area (Å²) in [4.78, 5) is 7.16. The molecule has 0 radical (unpaired) electrons. The van der Waals surface area contributed by atoms with Gasteiger partial charge < -0.3 is 5.32 Å². The van der Waals surface area contributed by atoms with Gasteiger partial charge in [0.15, 0.2) is 0 Å². The minimum atomic E-state index is 0.446. The molecule has 1 aliphatic heterocycles. The predicted molar refractivity (Wildman–Crippen MR) is 82.6 cm³/mol. The highest BCUT2D eigenvalue weighted by atomic mass is 32.1. The average Bonchev–Trinajstić information content (AvgIpc) is 2.91. The lowest BCUT2D eigenvalue weighted by molar-refractivity contribution is 0.0802.